The number of rotatable bonds is 3. The fourth-order valence-electron chi connectivity index (χ4n) is 4.00. The Morgan fingerprint density at radius 3 is 2.37 bits per heavy atom. The largest absolute Gasteiger partial charge is 0.507 e. The number of anilines is 2. The summed E-state index contributed by atoms with van der Waals surface area (Å²) in [5.74, 6) is 1.47. The molecule has 0 radical (unpaired) electrons. The van der Waals surface area contributed by atoms with Crippen molar-refractivity contribution in [3.05, 3.63) is 41.5 Å². The van der Waals surface area contributed by atoms with E-state index in [1.807, 2.05) is 38.1 Å². The van der Waals surface area contributed by atoms with Gasteiger partial charge in [0.15, 0.2) is 0 Å². The van der Waals surface area contributed by atoms with Crippen LogP contribution in [0.2, 0.25) is 0 Å². The number of aryl methyl sites for hydroxylation is 2. The van der Waals surface area contributed by atoms with Crippen molar-refractivity contribution in [3.8, 4) is 16.9 Å². The minimum absolute atomic E-state index is 0.296. The van der Waals surface area contributed by atoms with Gasteiger partial charge in [0, 0.05) is 11.4 Å². The maximum atomic E-state index is 10.1. The van der Waals surface area contributed by atoms with E-state index in [9.17, 15) is 5.11 Å². The first-order valence-electron chi connectivity index (χ1n) is 9.65. The van der Waals surface area contributed by atoms with E-state index < -0.39 is 0 Å². The number of nitrogens with zero attached hydrogens (tertiary/aromatic N) is 2. The molecule has 4 rings (SSSR count). The van der Waals surface area contributed by atoms with E-state index in [2.05, 4.69) is 21.4 Å². The fraction of sp³-hybridized carbons (Fsp3) is 0.364. The SMILES string of the molecule is Cc1cc(-c2ccc3nc(N)nc(NC4CCCCC4)c3c2)cc(C)c1O. The molecule has 0 spiro atoms. The van der Waals surface area contributed by atoms with Crippen LogP contribution in [0.15, 0.2) is 30.3 Å². The Kier molecular flexibility index (Phi) is 4.60. The number of aromatic hydroxyl groups is 1. The average molecular weight is 362 g/mol. The lowest BCUT2D eigenvalue weighted by Crippen LogP contribution is -2.23. The molecule has 1 aliphatic carbocycles. The maximum absolute atomic E-state index is 10.1. The first-order chi connectivity index (χ1) is 13.0. The molecule has 3 aromatic rings. The van der Waals surface area contributed by atoms with Crippen LogP contribution in [-0.4, -0.2) is 21.1 Å². The zero-order chi connectivity index (χ0) is 19.0. The summed E-state index contributed by atoms with van der Waals surface area (Å²) in [6, 6.07) is 10.6. The first-order valence-corrected chi connectivity index (χ1v) is 9.65. The molecule has 140 valence electrons. The number of fused-ring (bicyclic) bond motifs is 1. The van der Waals surface area contributed by atoms with Gasteiger partial charge in [-0.1, -0.05) is 25.3 Å². The van der Waals surface area contributed by atoms with Gasteiger partial charge in [-0.3, -0.25) is 0 Å². The molecule has 27 heavy (non-hydrogen) atoms. The molecule has 2 aromatic carbocycles. The Bertz CT molecular complexity index is 970. The van der Waals surface area contributed by atoms with E-state index in [0.29, 0.717) is 17.7 Å². The molecule has 0 atom stereocenters. The van der Waals surface area contributed by atoms with Gasteiger partial charge in [0.1, 0.15) is 11.6 Å². The summed E-state index contributed by atoms with van der Waals surface area (Å²) in [5.41, 5.74) is 10.7. The van der Waals surface area contributed by atoms with Crippen LogP contribution in [-0.2, 0) is 0 Å². The number of hydrogen-bond donors (Lipinski definition) is 3. The van der Waals surface area contributed by atoms with Crippen LogP contribution in [0.4, 0.5) is 11.8 Å². The van der Waals surface area contributed by atoms with E-state index in [1.165, 1.54) is 32.1 Å². The highest BCUT2D eigenvalue weighted by Crippen LogP contribution is 2.33. The van der Waals surface area contributed by atoms with Crippen molar-refractivity contribution in [1.29, 1.82) is 0 Å². The summed E-state index contributed by atoms with van der Waals surface area (Å²) in [6.45, 7) is 3.85. The number of nitrogen functional groups attached to an aromatic ring is 1. The van der Waals surface area contributed by atoms with Crippen LogP contribution in [0, 0.1) is 13.8 Å². The summed E-state index contributed by atoms with van der Waals surface area (Å²) in [7, 11) is 0. The molecule has 1 aliphatic rings. The molecule has 1 saturated carbocycles. The Morgan fingerprint density at radius 2 is 1.67 bits per heavy atom. The zero-order valence-electron chi connectivity index (χ0n) is 15.9. The number of phenolic OH excluding ortho intramolecular Hbond substituents is 1. The number of nitrogens with two attached hydrogens (primary N) is 1. The van der Waals surface area contributed by atoms with Gasteiger partial charge >= 0.3 is 0 Å². The van der Waals surface area contributed by atoms with Gasteiger partial charge in [-0.2, -0.15) is 4.98 Å². The van der Waals surface area contributed by atoms with Gasteiger partial charge in [-0.05, 0) is 73.2 Å². The number of nitrogens with one attached hydrogen (secondary N) is 1. The minimum Gasteiger partial charge on any atom is -0.507 e. The second kappa shape index (κ2) is 7.06. The van der Waals surface area contributed by atoms with Crippen LogP contribution >= 0.6 is 0 Å². The predicted molar refractivity (Wildman–Crippen MR) is 111 cm³/mol. The molecular weight excluding hydrogens is 336 g/mol. The van der Waals surface area contributed by atoms with E-state index in [0.717, 1.165) is 39.0 Å². The summed E-state index contributed by atoms with van der Waals surface area (Å²) < 4.78 is 0. The smallest absolute Gasteiger partial charge is 0.222 e. The van der Waals surface area contributed by atoms with Crippen molar-refractivity contribution < 1.29 is 5.11 Å². The molecule has 0 saturated heterocycles. The summed E-state index contributed by atoms with van der Waals surface area (Å²) in [4.78, 5) is 8.90. The number of phenols is 1. The van der Waals surface area contributed by atoms with Crippen molar-refractivity contribution in [2.45, 2.75) is 52.0 Å². The molecule has 1 aromatic heterocycles. The average Bonchev–Trinajstić information content (AvgIpc) is 2.66. The van der Waals surface area contributed by atoms with Gasteiger partial charge < -0.3 is 16.2 Å². The van der Waals surface area contributed by atoms with Gasteiger partial charge in [-0.15, -0.1) is 0 Å². The van der Waals surface area contributed by atoms with Crippen LogP contribution in [0.5, 0.6) is 5.75 Å². The number of hydrogen-bond acceptors (Lipinski definition) is 5. The van der Waals surface area contributed by atoms with Crippen LogP contribution in [0.25, 0.3) is 22.0 Å². The van der Waals surface area contributed by atoms with E-state index >= 15 is 0 Å². The van der Waals surface area contributed by atoms with Crippen molar-refractivity contribution >= 4 is 22.7 Å². The van der Waals surface area contributed by atoms with E-state index in [-0.39, 0.29) is 0 Å². The normalized spacial score (nSPS) is 15.2. The second-order valence-corrected chi connectivity index (χ2v) is 7.60. The summed E-state index contributed by atoms with van der Waals surface area (Å²) >= 11 is 0. The van der Waals surface area contributed by atoms with Gasteiger partial charge in [0.05, 0.1) is 5.52 Å². The highest BCUT2D eigenvalue weighted by molar-refractivity contribution is 5.93. The lowest BCUT2D eigenvalue weighted by molar-refractivity contribution is 0.462. The maximum Gasteiger partial charge on any atom is 0.222 e. The van der Waals surface area contributed by atoms with E-state index in [1.54, 1.807) is 0 Å². The van der Waals surface area contributed by atoms with Crippen LogP contribution < -0.4 is 11.1 Å². The Hall–Kier alpha value is -2.82. The Morgan fingerprint density at radius 1 is 0.963 bits per heavy atom. The minimum atomic E-state index is 0.296. The van der Waals surface area contributed by atoms with Crippen molar-refractivity contribution in [1.82, 2.24) is 9.97 Å². The molecule has 4 N–H and O–H groups in total. The van der Waals surface area contributed by atoms with Crippen LogP contribution in [0.1, 0.15) is 43.2 Å². The van der Waals surface area contributed by atoms with Crippen molar-refractivity contribution in [2.75, 3.05) is 11.1 Å². The number of aromatic nitrogens is 2. The van der Waals surface area contributed by atoms with Crippen molar-refractivity contribution in [3.63, 3.8) is 0 Å². The molecule has 0 unspecified atom stereocenters. The van der Waals surface area contributed by atoms with Crippen molar-refractivity contribution in [2.24, 2.45) is 0 Å². The standard InChI is InChI=1S/C22H26N4O/c1-13-10-16(11-14(2)20(13)27)15-8-9-19-18(12-15)21(26-22(23)25-19)24-17-6-4-3-5-7-17/h8-12,17,27H,3-7H2,1-2H3,(H3,23,24,25,26). The predicted octanol–water partition coefficient (Wildman–Crippen LogP) is 4.95. The summed E-state index contributed by atoms with van der Waals surface area (Å²) in [5, 5.41) is 14.6. The summed E-state index contributed by atoms with van der Waals surface area (Å²) in [6.07, 6.45) is 6.17. The Labute approximate surface area is 159 Å². The third kappa shape index (κ3) is 3.54. The molecule has 5 nitrogen and oxygen atoms in total. The van der Waals surface area contributed by atoms with E-state index in [4.69, 9.17) is 5.73 Å². The highest BCUT2D eigenvalue weighted by atomic mass is 16.3. The van der Waals surface area contributed by atoms with Gasteiger partial charge in [0.2, 0.25) is 5.95 Å². The molecule has 1 fully saturated rings. The zero-order valence-corrected chi connectivity index (χ0v) is 15.9. The molecule has 0 amide bonds. The van der Waals surface area contributed by atoms with Gasteiger partial charge in [0.25, 0.3) is 0 Å². The monoisotopic (exact) mass is 362 g/mol. The quantitative estimate of drug-likeness (QED) is 0.614. The molecular formula is C22H26N4O. The lowest BCUT2D eigenvalue weighted by Gasteiger charge is -2.24. The fourth-order valence-corrected chi connectivity index (χ4v) is 4.00. The third-order valence-corrected chi connectivity index (χ3v) is 5.48. The topological polar surface area (TPSA) is 84.1 Å². The van der Waals surface area contributed by atoms with Crippen LogP contribution in [0.3, 0.4) is 0 Å². The van der Waals surface area contributed by atoms with Gasteiger partial charge in [-0.25, -0.2) is 4.98 Å². The first kappa shape index (κ1) is 17.6. The third-order valence-electron chi connectivity index (χ3n) is 5.48. The second-order valence-electron chi connectivity index (χ2n) is 7.60. The lowest BCUT2D eigenvalue weighted by atomic mass is 9.95. The molecule has 5 heteroatoms. The Balaban J connectivity index is 1.78. The number of benzene rings is 2. The molecule has 0 bridgehead atoms. The highest BCUT2D eigenvalue weighted by Gasteiger charge is 2.16. The molecule has 0 aliphatic heterocycles. The molecule has 1 heterocycles.